The van der Waals surface area contributed by atoms with Crippen molar-refractivity contribution in [3.63, 3.8) is 0 Å². The van der Waals surface area contributed by atoms with Gasteiger partial charge in [0.2, 0.25) is 0 Å². The Labute approximate surface area is 210 Å². The van der Waals surface area contributed by atoms with Crippen molar-refractivity contribution in [2.24, 2.45) is 46.3 Å². The molecule has 192 valence electrons. The van der Waals surface area contributed by atoms with E-state index in [4.69, 9.17) is 4.74 Å². The summed E-state index contributed by atoms with van der Waals surface area (Å²) in [6.45, 7) is 18.7. The minimum absolute atomic E-state index is 0.109. The number of esters is 1. The van der Waals surface area contributed by atoms with Crippen LogP contribution >= 0.6 is 0 Å². The van der Waals surface area contributed by atoms with E-state index >= 15 is 0 Å². The lowest BCUT2D eigenvalue weighted by Crippen LogP contribution is -2.53. The standard InChI is InChI=1S/C32H52O2/c1-9-24(20(2)3)11-10-21(4)26-14-15-28-25-12-13-27-22(5)30(34-23(6)33)17-19-32(27,8)29(25)16-18-31(26,28)7/h12,21-22,26-30H,9-11,13-19H2,1-8H3/t21?,22-,26?,27-,28?,29?,30?,31?,32?/m0/s1. The van der Waals surface area contributed by atoms with Crippen LogP contribution in [0.2, 0.25) is 0 Å². The lowest BCUT2D eigenvalue weighted by Gasteiger charge is -2.59. The van der Waals surface area contributed by atoms with Crippen LogP contribution in [0.25, 0.3) is 0 Å². The zero-order chi connectivity index (χ0) is 24.8. The maximum atomic E-state index is 11.7. The van der Waals surface area contributed by atoms with Gasteiger partial charge in [-0.25, -0.2) is 0 Å². The summed E-state index contributed by atoms with van der Waals surface area (Å²) in [6, 6.07) is 0. The Morgan fingerprint density at radius 3 is 2.38 bits per heavy atom. The van der Waals surface area contributed by atoms with Gasteiger partial charge >= 0.3 is 5.97 Å². The monoisotopic (exact) mass is 468 g/mol. The minimum Gasteiger partial charge on any atom is -0.462 e. The van der Waals surface area contributed by atoms with Crippen molar-refractivity contribution in [3.05, 3.63) is 22.8 Å². The third-order valence-electron chi connectivity index (χ3n) is 11.7. The van der Waals surface area contributed by atoms with Crippen LogP contribution in [0, 0.1) is 46.3 Å². The van der Waals surface area contributed by atoms with E-state index in [-0.39, 0.29) is 12.1 Å². The number of ether oxygens (including phenoxy) is 1. The van der Waals surface area contributed by atoms with Crippen LogP contribution in [0.4, 0.5) is 0 Å². The number of allylic oxidation sites excluding steroid dienone is 4. The summed E-state index contributed by atoms with van der Waals surface area (Å²) >= 11 is 0. The molecule has 3 fully saturated rings. The number of carbonyl (C=O) groups excluding carboxylic acids is 1. The van der Waals surface area contributed by atoms with Crippen molar-refractivity contribution < 1.29 is 9.53 Å². The van der Waals surface area contributed by atoms with Gasteiger partial charge in [0.15, 0.2) is 0 Å². The van der Waals surface area contributed by atoms with E-state index in [1.807, 2.05) is 5.57 Å². The average Bonchev–Trinajstić information content (AvgIpc) is 3.13. The van der Waals surface area contributed by atoms with E-state index in [0.717, 1.165) is 30.1 Å². The summed E-state index contributed by atoms with van der Waals surface area (Å²) in [5, 5.41) is 0. The third kappa shape index (κ3) is 4.34. The number of hydrogen-bond acceptors (Lipinski definition) is 2. The SMILES string of the molecule is CCC(CCC(C)C1CCC2C3=CC[C@H]4[C@H](C)C(OC(C)=O)CCC4(C)C3CCC21C)=C(C)C. The van der Waals surface area contributed by atoms with Crippen molar-refractivity contribution in [2.45, 2.75) is 126 Å². The average molecular weight is 469 g/mol. The highest BCUT2D eigenvalue weighted by Gasteiger charge is 2.59. The Balaban J connectivity index is 1.51. The summed E-state index contributed by atoms with van der Waals surface area (Å²) in [4.78, 5) is 11.7. The molecule has 0 radical (unpaired) electrons. The van der Waals surface area contributed by atoms with Gasteiger partial charge in [0, 0.05) is 6.92 Å². The zero-order valence-electron chi connectivity index (χ0n) is 23.5. The molecular weight excluding hydrogens is 416 g/mol. The van der Waals surface area contributed by atoms with Gasteiger partial charge in [-0.2, -0.15) is 0 Å². The normalized spacial score (nSPS) is 42.1. The van der Waals surface area contributed by atoms with Crippen molar-refractivity contribution in [1.82, 2.24) is 0 Å². The summed E-state index contributed by atoms with van der Waals surface area (Å²) in [7, 11) is 0. The van der Waals surface area contributed by atoms with Gasteiger partial charge in [-0.1, -0.05) is 57.4 Å². The first kappa shape index (κ1) is 26.0. The highest BCUT2D eigenvalue weighted by Crippen LogP contribution is 2.67. The quantitative estimate of drug-likeness (QED) is 0.287. The molecule has 0 heterocycles. The van der Waals surface area contributed by atoms with E-state index in [1.165, 1.54) is 57.8 Å². The second-order valence-corrected chi connectivity index (χ2v) is 13.4. The highest BCUT2D eigenvalue weighted by atomic mass is 16.5. The van der Waals surface area contributed by atoms with E-state index in [2.05, 4.69) is 54.5 Å². The van der Waals surface area contributed by atoms with Crippen molar-refractivity contribution >= 4 is 5.97 Å². The second-order valence-electron chi connectivity index (χ2n) is 13.4. The van der Waals surface area contributed by atoms with Crippen molar-refractivity contribution in [2.75, 3.05) is 0 Å². The Bertz CT molecular complexity index is 832. The predicted molar refractivity (Wildman–Crippen MR) is 142 cm³/mol. The molecule has 3 saturated carbocycles. The summed E-state index contributed by atoms with van der Waals surface area (Å²) in [5.41, 5.74) is 5.94. The van der Waals surface area contributed by atoms with Crippen molar-refractivity contribution in [3.8, 4) is 0 Å². The van der Waals surface area contributed by atoms with E-state index in [0.29, 0.717) is 22.7 Å². The van der Waals surface area contributed by atoms with Gasteiger partial charge in [0.25, 0.3) is 0 Å². The molecule has 0 aromatic carbocycles. The van der Waals surface area contributed by atoms with Gasteiger partial charge in [-0.05, 0) is 124 Å². The first-order valence-electron chi connectivity index (χ1n) is 14.5. The largest absolute Gasteiger partial charge is 0.462 e. The molecule has 0 amide bonds. The Morgan fingerprint density at radius 2 is 1.74 bits per heavy atom. The molecule has 4 aliphatic rings. The van der Waals surface area contributed by atoms with Gasteiger partial charge < -0.3 is 4.74 Å². The molecule has 4 rings (SSSR count). The molecule has 9 atom stereocenters. The highest BCUT2D eigenvalue weighted by molar-refractivity contribution is 5.66. The molecule has 0 spiro atoms. The molecule has 0 aromatic rings. The predicted octanol–water partition coefficient (Wildman–Crippen LogP) is 8.91. The molecule has 0 saturated heterocycles. The summed E-state index contributed by atoms with van der Waals surface area (Å²) in [5.74, 6) is 4.24. The van der Waals surface area contributed by atoms with Crippen LogP contribution in [0.1, 0.15) is 120 Å². The summed E-state index contributed by atoms with van der Waals surface area (Å²) < 4.78 is 5.76. The van der Waals surface area contributed by atoms with Crippen LogP contribution < -0.4 is 0 Å². The molecule has 0 N–H and O–H groups in total. The second kappa shape index (κ2) is 9.78. The van der Waals surface area contributed by atoms with Gasteiger partial charge in [0.05, 0.1) is 0 Å². The Kier molecular flexibility index (Phi) is 7.48. The molecule has 4 aliphatic carbocycles. The molecule has 2 heteroatoms. The Morgan fingerprint density at radius 1 is 1.06 bits per heavy atom. The van der Waals surface area contributed by atoms with Crippen molar-refractivity contribution in [1.29, 1.82) is 0 Å². The molecule has 0 bridgehead atoms. The molecule has 2 nitrogen and oxygen atoms in total. The first-order valence-corrected chi connectivity index (χ1v) is 14.5. The fourth-order valence-corrected chi connectivity index (χ4v) is 9.67. The lowest BCUT2D eigenvalue weighted by atomic mass is 9.46. The smallest absolute Gasteiger partial charge is 0.302 e. The van der Waals surface area contributed by atoms with Crippen LogP contribution in [-0.2, 0) is 9.53 Å². The summed E-state index contributed by atoms with van der Waals surface area (Å²) in [6.07, 6.45) is 15.7. The number of rotatable bonds is 6. The van der Waals surface area contributed by atoms with Crippen LogP contribution in [-0.4, -0.2) is 12.1 Å². The van der Waals surface area contributed by atoms with Crippen LogP contribution in [0.15, 0.2) is 22.8 Å². The van der Waals surface area contributed by atoms with E-state index in [9.17, 15) is 4.79 Å². The number of fused-ring (bicyclic) bond motifs is 5. The number of hydrogen-bond donors (Lipinski definition) is 0. The lowest BCUT2D eigenvalue weighted by molar-refractivity contribution is -0.158. The maximum Gasteiger partial charge on any atom is 0.302 e. The first-order chi connectivity index (χ1) is 16.0. The van der Waals surface area contributed by atoms with E-state index in [1.54, 1.807) is 18.1 Å². The van der Waals surface area contributed by atoms with Crippen LogP contribution in [0.5, 0.6) is 0 Å². The minimum atomic E-state index is -0.109. The molecule has 7 unspecified atom stereocenters. The van der Waals surface area contributed by atoms with E-state index < -0.39 is 0 Å². The molecule has 34 heavy (non-hydrogen) atoms. The van der Waals surface area contributed by atoms with Gasteiger partial charge in [-0.3, -0.25) is 4.79 Å². The van der Waals surface area contributed by atoms with Crippen LogP contribution in [0.3, 0.4) is 0 Å². The van der Waals surface area contributed by atoms with Gasteiger partial charge in [0.1, 0.15) is 6.10 Å². The zero-order valence-corrected chi connectivity index (χ0v) is 23.5. The molecule has 0 aromatic heterocycles. The topological polar surface area (TPSA) is 26.3 Å². The number of carbonyl (C=O) groups is 1. The molecular formula is C32H52O2. The fraction of sp³-hybridized carbons (Fsp3) is 0.844. The Hall–Kier alpha value is -1.05. The molecule has 0 aliphatic heterocycles. The fourth-order valence-electron chi connectivity index (χ4n) is 9.67. The third-order valence-corrected chi connectivity index (χ3v) is 11.7. The van der Waals surface area contributed by atoms with Gasteiger partial charge in [-0.15, -0.1) is 0 Å². The maximum absolute atomic E-state index is 11.7.